The van der Waals surface area contributed by atoms with Crippen molar-refractivity contribution in [3.8, 4) is 0 Å². The Morgan fingerprint density at radius 1 is 0.373 bits per heavy atom. The Morgan fingerprint density at radius 3 is 1.09 bits per heavy atom. The van der Waals surface area contributed by atoms with Crippen LogP contribution in [0.4, 0.5) is 0 Å². The van der Waals surface area contributed by atoms with Crippen molar-refractivity contribution in [1.29, 1.82) is 0 Å². The fraction of sp³-hybridized carbons (Fsp3) is 0.863. The highest BCUT2D eigenvalue weighted by molar-refractivity contribution is 7.32. The molecule has 5 aliphatic rings. The van der Waals surface area contributed by atoms with E-state index in [1.54, 1.807) is 0 Å². The molecule has 5 rings (SSSR count). The molecule has 126 heavy (non-hydrogen) atoms. The van der Waals surface area contributed by atoms with E-state index in [4.69, 9.17) is 56.8 Å². The molecule has 5 fully saturated rings. The number of amides is 11. The molecule has 21 N–H and O–H groups in total. The molecule has 5 aliphatic heterocycles. The van der Waals surface area contributed by atoms with E-state index in [9.17, 15) is 108 Å². The van der Waals surface area contributed by atoms with Gasteiger partial charge < -0.3 is 157 Å². The minimum atomic E-state index is -2.84. The monoisotopic (exact) mass is 1830 g/mol. The number of hydrogen-bond acceptors (Lipinski definition) is 33. The maximum Gasteiger partial charge on any atom is 0.694 e. The lowest BCUT2D eigenvalue weighted by Crippen LogP contribution is -2.64. The number of nitrogens with one attached hydrogen (secondary N) is 10. The van der Waals surface area contributed by atoms with Crippen LogP contribution in [-0.2, 0) is 109 Å². The van der Waals surface area contributed by atoms with Gasteiger partial charge in [0.1, 0.15) is 98.0 Å². The topological polar surface area (TPSA) is 652 Å². The molecule has 0 bridgehead atoms. The van der Waals surface area contributed by atoms with Crippen molar-refractivity contribution in [1.82, 2.24) is 58.1 Å². The van der Waals surface area contributed by atoms with Gasteiger partial charge in [-0.25, -0.2) is 0 Å². The molecular formula is C80H141N11O34P+. The first-order chi connectivity index (χ1) is 60.4. The number of aliphatic hydroxyl groups is 10. The number of rotatable bonds is 64. The van der Waals surface area contributed by atoms with Crippen molar-refractivity contribution in [3.63, 3.8) is 0 Å². The quantitative estimate of drug-likeness (QED) is 0.0200. The average Bonchev–Trinajstić information content (AvgIpc) is 1.50. The van der Waals surface area contributed by atoms with Crippen molar-refractivity contribution in [3.05, 3.63) is 0 Å². The van der Waals surface area contributed by atoms with Crippen LogP contribution >= 0.6 is 8.25 Å². The second kappa shape index (κ2) is 62.6. The number of unbranched alkanes of at least 4 members (excludes halogenated alkanes) is 10. The van der Waals surface area contributed by atoms with Gasteiger partial charge in [-0.05, 0) is 77.0 Å². The fourth-order valence-electron chi connectivity index (χ4n) is 14.8. The van der Waals surface area contributed by atoms with Crippen LogP contribution < -0.4 is 53.2 Å². The Balaban J connectivity index is 1.13. The van der Waals surface area contributed by atoms with Crippen LogP contribution in [0.1, 0.15) is 188 Å². The summed E-state index contributed by atoms with van der Waals surface area (Å²) in [6.45, 7) is 2.54. The molecular weight excluding hydrogens is 1690 g/mol. The average molecular weight is 1830 g/mol. The summed E-state index contributed by atoms with van der Waals surface area (Å²) in [7, 11) is -2.84. The summed E-state index contributed by atoms with van der Waals surface area (Å²) in [4.78, 5) is 151. The number of β-amino-alcohol motifs (C(OH)–C–C–N with tert-alkyl or cyclic N) is 1. The fourth-order valence-corrected chi connectivity index (χ4v) is 15.1. The van der Waals surface area contributed by atoms with Crippen molar-refractivity contribution in [2.45, 2.75) is 316 Å². The lowest BCUT2D eigenvalue weighted by molar-refractivity contribution is -0.270. The van der Waals surface area contributed by atoms with Crippen molar-refractivity contribution < 1.29 is 165 Å². The zero-order chi connectivity index (χ0) is 92.3. The first-order valence-corrected chi connectivity index (χ1v) is 45.2. The number of nitrogens with zero attached hydrogens (tertiary/aromatic N) is 1. The van der Waals surface area contributed by atoms with Crippen LogP contribution in [0, 0.1) is 0 Å². The molecule has 0 radical (unpaired) electrons. The third kappa shape index (κ3) is 42.5. The summed E-state index contributed by atoms with van der Waals surface area (Å²) < 4.78 is 75.2. The molecule has 0 saturated carbocycles. The van der Waals surface area contributed by atoms with Gasteiger partial charge in [0.05, 0.1) is 71.0 Å². The van der Waals surface area contributed by atoms with Gasteiger partial charge in [-0.1, -0.05) is 38.5 Å². The molecule has 45 nitrogen and oxygen atoms in total. The summed E-state index contributed by atoms with van der Waals surface area (Å²) in [5, 5.41) is 129. The number of carbonyl (C=O) groups is 11. The molecule has 724 valence electrons. The second-order valence-electron chi connectivity index (χ2n) is 31.9. The Hall–Kier alpha value is -6.61. The standard InChI is InChI=1S/C80H140N11O34P/c1-49(95)87-67-73(110)70(107)55(43-92)123-78(67)118-35-15-12-21-59(99)81-29-18-32-84-62(102)26-38-115-48-58-77(117-40-28-64(104)86-34-20-31-83-61(101)23-14-17-37-120-80-69(89-51(3)97)75(112)72(109)57(45-94)125-80)76(54(47-121-58)90-65(105)24-10-8-6-4-5-7-9-11-25-66(106)91-42-53(98)41-52(91)46-122-126(113)114)116-39-27-63(103)85-33-19-30-82-60(100)22-13-16-36-119-79-68(88-50(2)96)74(111)71(108)56(44-93)124-79/h52-58,67-80,92-94,98,107-112H,4-48H2,1-3H3,(H10-,81,82,83,84,85,86,87,88,89,90,95,96,97,99,100,101,102,103,104,105,113,114)/p+1/t52-,53+,54?,55+,56+,57+,58+,67+,68+,69+,70-,71-,72-,73+,74+,75+,76+,77+,78+,79+,80+/m0/s1. The summed E-state index contributed by atoms with van der Waals surface area (Å²) in [5.74, 6) is -3.94. The number of ether oxygens (including phenoxy) is 10. The molecule has 5 saturated heterocycles. The number of hydrogen-bond donors (Lipinski definition) is 21. The van der Waals surface area contributed by atoms with Gasteiger partial charge in [-0.15, -0.1) is 9.42 Å². The summed E-state index contributed by atoms with van der Waals surface area (Å²) in [5.41, 5.74) is 0. The third-order valence-corrected chi connectivity index (χ3v) is 21.9. The number of likely N-dealkylation sites (tertiary alicyclic amines) is 1. The molecule has 5 heterocycles. The van der Waals surface area contributed by atoms with Gasteiger partial charge in [0.15, 0.2) is 18.9 Å². The van der Waals surface area contributed by atoms with Gasteiger partial charge >= 0.3 is 8.25 Å². The molecule has 0 aliphatic carbocycles. The lowest BCUT2D eigenvalue weighted by atomic mass is 9.97. The Labute approximate surface area is 734 Å². The van der Waals surface area contributed by atoms with Crippen LogP contribution in [0.15, 0.2) is 0 Å². The zero-order valence-corrected chi connectivity index (χ0v) is 73.5. The normalized spacial score (nSPS) is 27.3. The van der Waals surface area contributed by atoms with Gasteiger partial charge in [-0.2, -0.15) is 0 Å². The first-order valence-electron chi connectivity index (χ1n) is 44.1. The molecule has 0 aromatic rings. The highest BCUT2D eigenvalue weighted by Crippen LogP contribution is 2.29. The third-order valence-electron chi connectivity index (χ3n) is 21.6. The predicted octanol–water partition coefficient (Wildman–Crippen LogP) is -5.38. The van der Waals surface area contributed by atoms with E-state index in [0.29, 0.717) is 70.6 Å². The van der Waals surface area contributed by atoms with Crippen molar-refractivity contribution in [2.75, 3.05) is 125 Å². The van der Waals surface area contributed by atoms with E-state index in [1.807, 2.05) is 0 Å². The lowest BCUT2D eigenvalue weighted by Gasteiger charge is -2.42. The van der Waals surface area contributed by atoms with Crippen molar-refractivity contribution >= 4 is 73.2 Å². The summed E-state index contributed by atoms with van der Waals surface area (Å²) in [6, 6.07) is -4.66. The van der Waals surface area contributed by atoms with E-state index >= 15 is 0 Å². The predicted molar refractivity (Wildman–Crippen MR) is 441 cm³/mol. The highest BCUT2D eigenvalue weighted by Gasteiger charge is 2.49. The summed E-state index contributed by atoms with van der Waals surface area (Å²) in [6.07, 6.45) is -9.30. The Morgan fingerprint density at radius 2 is 0.714 bits per heavy atom. The molecule has 0 aromatic heterocycles. The summed E-state index contributed by atoms with van der Waals surface area (Å²) >= 11 is 0. The minimum absolute atomic E-state index is 0.0605. The van der Waals surface area contributed by atoms with Gasteiger partial charge in [0, 0.05) is 142 Å². The number of aliphatic hydroxyl groups excluding tert-OH is 10. The van der Waals surface area contributed by atoms with E-state index in [-0.39, 0.29) is 199 Å². The Kier molecular flexibility index (Phi) is 54.6. The van der Waals surface area contributed by atoms with Crippen LogP contribution in [0.2, 0.25) is 0 Å². The van der Waals surface area contributed by atoms with E-state index in [2.05, 4.69) is 53.2 Å². The molecule has 0 aromatic carbocycles. The second-order valence-corrected chi connectivity index (χ2v) is 32.7. The molecule has 46 heteroatoms. The Bertz CT molecular complexity index is 3240. The van der Waals surface area contributed by atoms with E-state index in [0.717, 1.165) is 38.5 Å². The number of carbonyl (C=O) groups excluding carboxylic acids is 11. The highest BCUT2D eigenvalue weighted by atomic mass is 31.1. The zero-order valence-electron chi connectivity index (χ0n) is 72.6. The van der Waals surface area contributed by atoms with E-state index in [1.165, 1.54) is 25.7 Å². The van der Waals surface area contributed by atoms with E-state index < -0.39 is 186 Å². The molecule has 0 spiro atoms. The van der Waals surface area contributed by atoms with Crippen LogP contribution in [-0.4, -0.2) is 379 Å². The SMILES string of the molecule is CC(=O)N[C@H]1[C@H](OCCCCC(=O)NCCCNC(=O)CCOC[C@H]2OCC(NC(=O)CCCCCCCCCCC(=O)N3C[C@H](O)C[C@H]3CO[P+](=O)O)[C@@H](OCCC(=O)NCCCNC(=O)CCCCO[C@@H]3O[C@H](CO)[C@H](O)[C@H](O)[C@H]3NC(C)=O)[C@@H]2OCCC(=O)NCCCNC(=O)CCCCO[C@@H]2O[C@H](CO)[C@H](O)[C@H](O)[C@H]2NC(C)=O)O[C@H](CO)[C@H](O)[C@@H]1O. The van der Waals surface area contributed by atoms with Gasteiger partial charge in [0.25, 0.3) is 0 Å². The first kappa shape index (κ1) is 110. The van der Waals surface area contributed by atoms with Gasteiger partial charge in [-0.3, -0.25) is 52.7 Å². The minimum Gasteiger partial charge on any atom is -0.394 e. The molecule has 11 amide bonds. The van der Waals surface area contributed by atoms with Crippen LogP contribution in [0.3, 0.4) is 0 Å². The van der Waals surface area contributed by atoms with Gasteiger partial charge in [0.2, 0.25) is 65.0 Å². The largest absolute Gasteiger partial charge is 0.694 e. The maximum atomic E-state index is 13.9. The van der Waals surface area contributed by atoms with Crippen LogP contribution in [0.5, 0.6) is 0 Å². The van der Waals surface area contributed by atoms with Crippen LogP contribution in [0.25, 0.3) is 0 Å². The molecule has 22 atom stereocenters. The maximum absolute atomic E-state index is 13.9. The molecule has 2 unspecified atom stereocenters. The van der Waals surface area contributed by atoms with Crippen molar-refractivity contribution in [2.24, 2.45) is 0 Å². The smallest absolute Gasteiger partial charge is 0.394 e.